The van der Waals surface area contributed by atoms with Crippen molar-refractivity contribution in [1.29, 1.82) is 0 Å². The molecule has 3 atom stereocenters. The summed E-state index contributed by atoms with van der Waals surface area (Å²) in [6.45, 7) is 0. The van der Waals surface area contributed by atoms with Gasteiger partial charge in [-0.25, -0.2) is 0 Å². The van der Waals surface area contributed by atoms with Crippen molar-refractivity contribution in [3.63, 3.8) is 0 Å². The molecule has 264 valence electrons. The summed E-state index contributed by atoms with van der Waals surface area (Å²) in [4.78, 5) is 3.25. The van der Waals surface area contributed by atoms with Gasteiger partial charge >= 0.3 is 0 Å². The van der Waals surface area contributed by atoms with E-state index in [2.05, 4.69) is 53.5 Å². The molecule has 1 nitrogen and oxygen atoms in total. The fourth-order valence-corrected chi connectivity index (χ4v) is 11.8. The van der Waals surface area contributed by atoms with E-state index in [0.717, 1.165) is 23.8 Å². The molecule has 0 heterocycles. The van der Waals surface area contributed by atoms with Crippen molar-refractivity contribution < 1.29 is 0 Å². The highest BCUT2D eigenvalue weighted by molar-refractivity contribution is 5.40. The largest absolute Gasteiger partial charge is 0.368 e. The average molecular weight is 658 g/mol. The highest BCUT2D eigenvalue weighted by atomic mass is 15.2. The van der Waals surface area contributed by atoms with E-state index in [-0.39, 0.29) is 0 Å². The Balaban J connectivity index is 1.09. The van der Waals surface area contributed by atoms with E-state index >= 15 is 0 Å². The van der Waals surface area contributed by atoms with Crippen molar-refractivity contribution in [1.82, 2.24) is 4.90 Å². The molecule has 3 unspecified atom stereocenters. The Morgan fingerprint density at radius 2 is 1.22 bits per heavy atom. The topological polar surface area (TPSA) is 3.24 Å². The van der Waals surface area contributed by atoms with Gasteiger partial charge in [0.1, 0.15) is 0 Å². The molecule has 0 aliphatic heterocycles. The molecule has 0 aromatic heterocycles. The Hall–Kier alpha value is -2.28. The highest BCUT2D eigenvalue weighted by Gasteiger charge is 2.40. The first-order valence-electron chi connectivity index (χ1n) is 21.6. The zero-order chi connectivity index (χ0) is 32.8. The number of allylic oxidation sites excluding steroid dienone is 15. The van der Waals surface area contributed by atoms with Crippen molar-refractivity contribution in [3.05, 3.63) is 93.3 Å². The summed E-state index contributed by atoms with van der Waals surface area (Å²) >= 11 is 0. The maximum Gasteiger partial charge on any atom is 0.0355 e. The van der Waals surface area contributed by atoms with Gasteiger partial charge in [-0.3, -0.25) is 0 Å². The Morgan fingerprint density at radius 1 is 0.469 bits per heavy atom. The summed E-state index contributed by atoms with van der Waals surface area (Å²) < 4.78 is 0. The summed E-state index contributed by atoms with van der Waals surface area (Å²) in [5, 5.41) is 0. The number of hydrogen-bond acceptors (Lipinski definition) is 1. The Labute approximate surface area is 300 Å². The van der Waals surface area contributed by atoms with Crippen LogP contribution in [0.5, 0.6) is 0 Å². The van der Waals surface area contributed by atoms with Gasteiger partial charge in [-0.15, -0.1) is 0 Å². The van der Waals surface area contributed by atoms with E-state index < -0.39 is 0 Å². The van der Waals surface area contributed by atoms with Crippen molar-refractivity contribution in [3.8, 4) is 0 Å². The van der Waals surface area contributed by atoms with E-state index in [0.29, 0.717) is 6.04 Å². The van der Waals surface area contributed by atoms with E-state index in [9.17, 15) is 0 Å². The summed E-state index contributed by atoms with van der Waals surface area (Å²) in [6, 6.07) is 1.46. The summed E-state index contributed by atoms with van der Waals surface area (Å²) in [6.07, 6.45) is 57.2. The van der Waals surface area contributed by atoms with Crippen LogP contribution in [-0.2, 0) is 0 Å². The van der Waals surface area contributed by atoms with Crippen molar-refractivity contribution >= 4 is 0 Å². The zero-order valence-corrected chi connectivity index (χ0v) is 31.0. The van der Waals surface area contributed by atoms with Gasteiger partial charge in [-0.1, -0.05) is 72.6 Å². The second-order valence-corrected chi connectivity index (χ2v) is 17.3. The van der Waals surface area contributed by atoms with Crippen LogP contribution in [0.4, 0.5) is 0 Å². The van der Waals surface area contributed by atoms with Crippen LogP contribution in [-0.4, -0.2) is 17.0 Å². The van der Waals surface area contributed by atoms with Crippen LogP contribution in [0.3, 0.4) is 0 Å². The molecule has 8 aliphatic rings. The van der Waals surface area contributed by atoms with Crippen LogP contribution in [0, 0.1) is 17.8 Å². The van der Waals surface area contributed by atoms with Crippen LogP contribution in [0.15, 0.2) is 93.3 Å². The predicted molar refractivity (Wildman–Crippen MR) is 209 cm³/mol. The van der Waals surface area contributed by atoms with Gasteiger partial charge in [-0.05, 0) is 200 Å². The lowest BCUT2D eigenvalue weighted by atomic mass is 9.71. The van der Waals surface area contributed by atoms with Crippen LogP contribution >= 0.6 is 0 Å². The van der Waals surface area contributed by atoms with E-state index in [1.807, 2.05) is 16.8 Å². The molecule has 0 N–H and O–H groups in total. The second kappa shape index (κ2) is 16.4. The molecule has 0 saturated heterocycles. The molecule has 0 aromatic carbocycles. The average Bonchev–Trinajstić information content (AvgIpc) is 3.20. The normalized spacial score (nSPS) is 33.1. The quantitative estimate of drug-likeness (QED) is 0.251. The first kappa shape index (κ1) is 33.8. The van der Waals surface area contributed by atoms with Crippen molar-refractivity contribution in [2.75, 3.05) is 0 Å². The lowest BCUT2D eigenvalue weighted by Crippen LogP contribution is -2.50. The second-order valence-electron chi connectivity index (χ2n) is 17.3. The zero-order valence-electron chi connectivity index (χ0n) is 31.0. The summed E-state index contributed by atoms with van der Waals surface area (Å²) in [5.74, 6) is 2.37. The molecule has 2 fully saturated rings. The Morgan fingerprint density at radius 3 is 1.92 bits per heavy atom. The van der Waals surface area contributed by atoms with Gasteiger partial charge in [0.15, 0.2) is 0 Å². The van der Waals surface area contributed by atoms with Gasteiger partial charge in [0, 0.05) is 23.7 Å². The summed E-state index contributed by atoms with van der Waals surface area (Å²) in [7, 11) is 0. The van der Waals surface area contributed by atoms with Crippen LogP contribution in [0.1, 0.15) is 173 Å². The fraction of sp³-hybridized carbons (Fsp3) is 0.667. The van der Waals surface area contributed by atoms with E-state index in [1.165, 1.54) is 173 Å². The third-order valence-electron chi connectivity index (χ3n) is 14.5. The first-order chi connectivity index (χ1) is 24.3. The predicted octanol–water partition coefficient (Wildman–Crippen LogP) is 13.9. The van der Waals surface area contributed by atoms with Crippen LogP contribution in [0.25, 0.3) is 0 Å². The van der Waals surface area contributed by atoms with Crippen molar-refractivity contribution in [2.24, 2.45) is 17.8 Å². The van der Waals surface area contributed by atoms with Gasteiger partial charge in [0.25, 0.3) is 0 Å². The monoisotopic (exact) mass is 658 g/mol. The van der Waals surface area contributed by atoms with Crippen molar-refractivity contribution in [2.45, 2.75) is 185 Å². The minimum absolute atomic E-state index is 0.715. The Bertz CT molecular complexity index is 1430. The van der Waals surface area contributed by atoms with Crippen LogP contribution < -0.4 is 0 Å². The SMILES string of the molecule is C1=CCCC(C2CCC(N(C3=C(C4CC=C(C5=CCCCC5)CC4)CCCC3)C3CCCCC3C3=CC=C(C4=CCCCC4)CC3)CC2)=C1. The number of rotatable bonds is 8. The smallest absolute Gasteiger partial charge is 0.0355 e. The third kappa shape index (κ3) is 7.82. The molecular weight excluding hydrogens is 591 g/mol. The minimum Gasteiger partial charge on any atom is -0.368 e. The van der Waals surface area contributed by atoms with E-state index in [4.69, 9.17) is 0 Å². The lowest BCUT2D eigenvalue weighted by molar-refractivity contribution is 0.0740. The highest BCUT2D eigenvalue weighted by Crippen LogP contribution is 2.48. The standard InChI is InChI=1S/C48H67N/c1-4-14-36(15-5-1)39-24-28-42(29-25-39)45-20-10-12-22-47(45)49(44-34-32-41(33-35-44)38-18-8-3-9-19-38)48-23-13-11-21-46(48)43-30-26-40(27-31-43)37-16-6-2-7-17-37/h3,8,14,16,18,24,26,28,41,43-45,47H,1-2,4-7,9-13,15,17,19-23,25,27,29-35H2. The molecule has 0 aromatic rings. The summed E-state index contributed by atoms with van der Waals surface area (Å²) in [5.41, 5.74) is 14.2. The molecule has 8 aliphatic carbocycles. The Kier molecular flexibility index (Phi) is 11.3. The molecule has 0 spiro atoms. The van der Waals surface area contributed by atoms with E-state index in [1.54, 1.807) is 27.9 Å². The minimum atomic E-state index is 0.715. The molecule has 1 heteroatoms. The van der Waals surface area contributed by atoms with Gasteiger partial charge in [0.2, 0.25) is 0 Å². The van der Waals surface area contributed by atoms with Gasteiger partial charge < -0.3 is 4.90 Å². The maximum absolute atomic E-state index is 3.25. The lowest BCUT2D eigenvalue weighted by Gasteiger charge is -2.51. The molecule has 2 saturated carbocycles. The molecule has 49 heavy (non-hydrogen) atoms. The molecule has 0 bridgehead atoms. The van der Waals surface area contributed by atoms with Crippen LogP contribution in [0.2, 0.25) is 0 Å². The number of nitrogens with zero attached hydrogens (tertiary/aromatic N) is 1. The molecule has 0 radical (unpaired) electrons. The van der Waals surface area contributed by atoms with Gasteiger partial charge in [-0.2, -0.15) is 0 Å². The maximum atomic E-state index is 3.25. The van der Waals surface area contributed by atoms with Gasteiger partial charge in [0.05, 0.1) is 0 Å². The molecule has 8 rings (SSSR count). The molecule has 0 amide bonds. The first-order valence-corrected chi connectivity index (χ1v) is 21.6. The number of hydrogen-bond donors (Lipinski definition) is 0. The fourth-order valence-electron chi connectivity index (χ4n) is 11.8. The third-order valence-corrected chi connectivity index (χ3v) is 14.5. The molecular formula is C48H67N.